The van der Waals surface area contributed by atoms with Gasteiger partial charge in [-0.25, -0.2) is 0 Å². The van der Waals surface area contributed by atoms with E-state index in [1.165, 1.54) is 6.92 Å². The van der Waals surface area contributed by atoms with Crippen LogP contribution in [0.1, 0.15) is 19.0 Å². The third kappa shape index (κ3) is 3.77. The van der Waals surface area contributed by atoms with E-state index in [1.54, 1.807) is 4.68 Å². The van der Waals surface area contributed by atoms with E-state index in [1.807, 2.05) is 13.1 Å². The Hall–Kier alpha value is -1.17. The van der Waals surface area contributed by atoms with Gasteiger partial charge in [0.25, 0.3) is 5.91 Å². The van der Waals surface area contributed by atoms with Crippen molar-refractivity contribution in [2.24, 2.45) is 0 Å². The third-order valence-corrected chi connectivity index (χ3v) is 2.83. The van der Waals surface area contributed by atoms with E-state index in [0.717, 1.165) is 16.6 Å². The molecule has 0 aromatic carbocycles. The summed E-state index contributed by atoms with van der Waals surface area (Å²) in [6.07, 6.45) is 2.63. The zero-order chi connectivity index (χ0) is 12.1. The van der Waals surface area contributed by atoms with Gasteiger partial charge in [0, 0.05) is 26.2 Å². The lowest BCUT2D eigenvalue weighted by molar-refractivity contribution is -0.136. The van der Waals surface area contributed by atoms with Crippen LogP contribution < -0.4 is 5.32 Å². The fraction of sp³-hybridized carbons (Fsp3) is 0.500. The average Bonchev–Trinajstić information content (AvgIpc) is 2.53. The van der Waals surface area contributed by atoms with Crippen molar-refractivity contribution < 1.29 is 9.59 Å². The molecule has 1 heterocycles. The standard InChI is InChI=1S/C10H14BrN3O2/c1-7-9(11)6-14(13-7)5-3-4-12-10(16)8(2)15/h6H,3-5H2,1-2H3,(H,12,16). The van der Waals surface area contributed by atoms with Crippen LogP contribution in [0.5, 0.6) is 0 Å². The number of halogens is 1. The molecule has 0 spiro atoms. The smallest absolute Gasteiger partial charge is 0.287 e. The normalized spacial score (nSPS) is 10.2. The third-order valence-electron chi connectivity index (χ3n) is 2.06. The number of ketones is 1. The second-order valence-electron chi connectivity index (χ2n) is 3.49. The lowest BCUT2D eigenvalue weighted by Gasteiger charge is -2.02. The molecule has 0 fully saturated rings. The second-order valence-corrected chi connectivity index (χ2v) is 4.35. The number of rotatable bonds is 5. The molecule has 88 valence electrons. The lowest BCUT2D eigenvalue weighted by atomic mass is 10.4. The Labute approximate surface area is 102 Å². The first kappa shape index (κ1) is 12.9. The van der Waals surface area contributed by atoms with Gasteiger partial charge in [0.05, 0.1) is 10.2 Å². The molecule has 0 atom stereocenters. The van der Waals surface area contributed by atoms with Gasteiger partial charge in [0.15, 0.2) is 0 Å². The quantitative estimate of drug-likeness (QED) is 0.650. The Morgan fingerprint density at radius 2 is 2.25 bits per heavy atom. The summed E-state index contributed by atoms with van der Waals surface area (Å²) in [7, 11) is 0. The van der Waals surface area contributed by atoms with Crippen molar-refractivity contribution in [3.8, 4) is 0 Å². The van der Waals surface area contributed by atoms with Crippen LogP contribution in [-0.2, 0) is 16.1 Å². The molecule has 1 N–H and O–H groups in total. The van der Waals surface area contributed by atoms with E-state index in [9.17, 15) is 9.59 Å². The van der Waals surface area contributed by atoms with Crippen LogP contribution in [0.2, 0.25) is 0 Å². The second kappa shape index (κ2) is 5.79. The first-order valence-electron chi connectivity index (χ1n) is 4.99. The van der Waals surface area contributed by atoms with Gasteiger partial charge in [-0.2, -0.15) is 5.10 Å². The topological polar surface area (TPSA) is 64.0 Å². The van der Waals surface area contributed by atoms with Gasteiger partial charge >= 0.3 is 0 Å². The van der Waals surface area contributed by atoms with Crippen molar-refractivity contribution >= 4 is 27.6 Å². The summed E-state index contributed by atoms with van der Waals surface area (Å²) >= 11 is 3.37. The van der Waals surface area contributed by atoms with Gasteiger partial charge in [-0.3, -0.25) is 14.3 Å². The highest BCUT2D eigenvalue weighted by Crippen LogP contribution is 2.12. The van der Waals surface area contributed by atoms with Gasteiger partial charge in [-0.15, -0.1) is 0 Å². The van der Waals surface area contributed by atoms with E-state index in [2.05, 4.69) is 26.3 Å². The highest BCUT2D eigenvalue weighted by molar-refractivity contribution is 9.10. The molecule has 0 bridgehead atoms. The molecule has 1 aromatic heterocycles. The summed E-state index contributed by atoms with van der Waals surface area (Å²) in [6, 6.07) is 0. The van der Waals surface area contributed by atoms with Crippen molar-refractivity contribution in [2.45, 2.75) is 26.8 Å². The van der Waals surface area contributed by atoms with Crippen molar-refractivity contribution in [1.29, 1.82) is 0 Å². The molecule has 1 amide bonds. The fourth-order valence-corrected chi connectivity index (χ4v) is 1.49. The number of carbonyl (C=O) groups excluding carboxylic acids is 2. The Balaban J connectivity index is 2.26. The molecule has 0 aliphatic rings. The molecule has 0 unspecified atom stereocenters. The van der Waals surface area contributed by atoms with E-state index in [0.29, 0.717) is 13.1 Å². The SMILES string of the molecule is CC(=O)C(=O)NCCCn1cc(Br)c(C)n1. The summed E-state index contributed by atoms with van der Waals surface area (Å²) in [6.45, 7) is 4.36. The Bertz CT molecular complexity index is 381. The molecule has 16 heavy (non-hydrogen) atoms. The Morgan fingerprint density at radius 3 is 2.75 bits per heavy atom. The molecule has 5 nitrogen and oxygen atoms in total. The molecule has 1 aromatic rings. The Kier molecular flexibility index (Phi) is 4.67. The van der Waals surface area contributed by atoms with Crippen LogP contribution in [0.25, 0.3) is 0 Å². The lowest BCUT2D eigenvalue weighted by Crippen LogP contribution is -2.30. The zero-order valence-electron chi connectivity index (χ0n) is 9.29. The van der Waals surface area contributed by atoms with Crippen molar-refractivity contribution in [1.82, 2.24) is 15.1 Å². The molecule has 0 aliphatic carbocycles. The zero-order valence-corrected chi connectivity index (χ0v) is 10.9. The molecule has 0 radical (unpaired) electrons. The van der Waals surface area contributed by atoms with Crippen LogP contribution in [0.4, 0.5) is 0 Å². The molecular formula is C10H14BrN3O2. The van der Waals surface area contributed by atoms with E-state index in [-0.39, 0.29) is 0 Å². The van der Waals surface area contributed by atoms with Crippen molar-refractivity contribution in [3.63, 3.8) is 0 Å². The van der Waals surface area contributed by atoms with E-state index < -0.39 is 11.7 Å². The highest BCUT2D eigenvalue weighted by Gasteiger charge is 2.05. The summed E-state index contributed by atoms with van der Waals surface area (Å²) in [5.74, 6) is -0.990. The minimum Gasteiger partial charge on any atom is -0.349 e. The van der Waals surface area contributed by atoms with Crippen LogP contribution in [0.3, 0.4) is 0 Å². The van der Waals surface area contributed by atoms with Crippen LogP contribution in [-0.4, -0.2) is 28.0 Å². The van der Waals surface area contributed by atoms with Gasteiger partial charge in [0.1, 0.15) is 0 Å². The van der Waals surface area contributed by atoms with E-state index >= 15 is 0 Å². The number of carbonyl (C=O) groups is 2. The molecule has 6 heteroatoms. The highest BCUT2D eigenvalue weighted by atomic mass is 79.9. The van der Waals surface area contributed by atoms with Crippen LogP contribution >= 0.6 is 15.9 Å². The number of hydrogen-bond acceptors (Lipinski definition) is 3. The number of Topliss-reactive ketones (excluding diaryl/α,β-unsaturated/α-hetero) is 1. The monoisotopic (exact) mass is 287 g/mol. The van der Waals surface area contributed by atoms with Crippen molar-refractivity contribution in [2.75, 3.05) is 6.54 Å². The molecule has 1 rings (SSSR count). The molecule has 0 aliphatic heterocycles. The van der Waals surface area contributed by atoms with Gasteiger partial charge < -0.3 is 5.32 Å². The fourth-order valence-electron chi connectivity index (χ4n) is 1.18. The summed E-state index contributed by atoms with van der Waals surface area (Å²) < 4.78 is 2.78. The summed E-state index contributed by atoms with van der Waals surface area (Å²) in [4.78, 5) is 21.5. The van der Waals surface area contributed by atoms with Crippen molar-refractivity contribution in [3.05, 3.63) is 16.4 Å². The van der Waals surface area contributed by atoms with Gasteiger partial charge in [0.2, 0.25) is 5.78 Å². The minimum atomic E-state index is -0.530. The van der Waals surface area contributed by atoms with Crippen LogP contribution in [0.15, 0.2) is 10.7 Å². The minimum absolute atomic E-state index is 0.460. The first-order chi connectivity index (χ1) is 7.50. The Morgan fingerprint density at radius 1 is 1.56 bits per heavy atom. The average molecular weight is 288 g/mol. The number of aryl methyl sites for hydroxylation is 2. The number of aromatic nitrogens is 2. The first-order valence-corrected chi connectivity index (χ1v) is 5.78. The van der Waals surface area contributed by atoms with Gasteiger partial charge in [-0.05, 0) is 29.3 Å². The maximum Gasteiger partial charge on any atom is 0.287 e. The van der Waals surface area contributed by atoms with Gasteiger partial charge in [-0.1, -0.05) is 0 Å². The largest absolute Gasteiger partial charge is 0.349 e. The predicted octanol–water partition coefficient (Wildman–Crippen LogP) is 1.05. The summed E-state index contributed by atoms with van der Waals surface area (Å²) in [5.41, 5.74) is 0.938. The number of nitrogens with one attached hydrogen (secondary N) is 1. The molecule has 0 saturated heterocycles. The number of amides is 1. The predicted molar refractivity (Wildman–Crippen MR) is 63.0 cm³/mol. The molecular weight excluding hydrogens is 274 g/mol. The maximum absolute atomic E-state index is 10.9. The van der Waals surface area contributed by atoms with Crippen LogP contribution in [0, 0.1) is 6.92 Å². The number of hydrogen-bond donors (Lipinski definition) is 1. The number of nitrogens with zero attached hydrogens (tertiary/aromatic N) is 2. The molecule has 0 saturated carbocycles. The summed E-state index contributed by atoms with van der Waals surface area (Å²) in [5, 5.41) is 6.78. The maximum atomic E-state index is 10.9. The van der Waals surface area contributed by atoms with E-state index in [4.69, 9.17) is 0 Å².